The lowest BCUT2D eigenvalue weighted by Crippen LogP contribution is -2.04. The molecule has 0 heterocycles. The average molecular weight is 340 g/mol. The monoisotopic (exact) mass is 340 g/mol. The van der Waals surface area contributed by atoms with E-state index >= 15 is 0 Å². The van der Waals surface area contributed by atoms with Gasteiger partial charge < -0.3 is 19.7 Å². The van der Waals surface area contributed by atoms with Crippen LogP contribution in [0.3, 0.4) is 0 Å². The molecule has 0 saturated heterocycles. The van der Waals surface area contributed by atoms with E-state index in [-0.39, 0.29) is 11.5 Å². The fourth-order valence-corrected chi connectivity index (χ4v) is 4.54. The molecule has 4 rings (SSSR count). The number of phenolic OH excluding ortho intramolecular Hbond substituents is 2. The molecule has 4 nitrogen and oxygen atoms in total. The predicted octanol–water partition coefficient (Wildman–Crippen LogP) is 4.54. The van der Waals surface area contributed by atoms with E-state index < -0.39 is 0 Å². The van der Waals surface area contributed by atoms with Crippen LogP contribution in [-0.2, 0) is 12.8 Å². The molecular weight excluding hydrogens is 316 g/mol. The van der Waals surface area contributed by atoms with Crippen molar-refractivity contribution < 1.29 is 19.7 Å². The molecule has 0 amide bonds. The normalized spacial score (nSPS) is 18.6. The van der Waals surface area contributed by atoms with E-state index in [2.05, 4.69) is 0 Å². The highest BCUT2D eigenvalue weighted by Gasteiger charge is 2.31. The minimum absolute atomic E-state index is 0.146. The zero-order chi connectivity index (χ0) is 17.6. The Morgan fingerprint density at radius 2 is 1.72 bits per heavy atom. The largest absolute Gasteiger partial charge is 0.507 e. The number of fused-ring (bicyclic) bond motifs is 3. The summed E-state index contributed by atoms with van der Waals surface area (Å²) in [5.74, 6) is 1.72. The van der Waals surface area contributed by atoms with Crippen LogP contribution in [-0.4, -0.2) is 24.4 Å². The summed E-state index contributed by atoms with van der Waals surface area (Å²) < 4.78 is 11.1. The van der Waals surface area contributed by atoms with Gasteiger partial charge in [0.1, 0.15) is 5.75 Å². The van der Waals surface area contributed by atoms with E-state index in [9.17, 15) is 10.2 Å². The Balaban J connectivity index is 2.08. The second kappa shape index (κ2) is 6.17. The molecule has 2 aromatic rings. The Morgan fingerprint density at radius 1 is 0.920 bits per heavy atom. The number of aromatic hydroxyl groups is 2. The Morgan fingerprint density at radius 3 is 2.48 bits per heavy atom. The summed E-state index contributed by atoms with van der Waals surface area (Å²) >= 11 is 0. The molecule has 2 N–H and O–H groups in total. The van der Waals surface area contributed by atoms with Gasteiger partial charge in [-0.2, -0.15) is 0 Å². The van der Waals surface area contributed by atoms with Gasteiger partial charge in [0.15, 0.2) is 11.5 Å². The zero-order valence-corrected chi connectivity index (χ0v) is 14.8. The van der Waals surface area contributed by atoms with Crippen molar-refractivity contribution in [2.45, 2.75) is 44.4 Å². The highest BCUT2D eigenvalue weighted by molar-refractivity contribution is 5.84. The molecule has 2 aliphatic rings. The number of phenols is 2. The van der Waals surface area contributed by atoms with Gasteiger partial charge in [-0.1, -0.05) is 12.5 Å². The lowest BCUT2D eigenvalue weighted by Gasteiger charge is -2.23. The molecule has 4 heteroatoms. The lowest BCUT2D eigenvalue weighted by atomic mass is 9.85. The maximum absolute atomic E-state index is 10.7. The molecule has 2 bridgehead atoms. The maximum Gasteiger partial charge on any atom is 0.203 e. The molecule has 132 valence electrons. The number of hydrogen-bond acceptors (Lipinski definition) is 4. The van der Waals surface area contributed by atoms with Crippen molar-refractivity contribution in [1.82, 2.24) is 0 Å². The fourth-order valence-electron chi connectivity index (χ4n) is 4.54. The van der Waals surface area contributed by atoms with Crippen molar-refractivity contribution in [2.24, 2.45) is 0 Å². The smallest absolute Gasteiger partial charge is 0.203 e. The van der Waals surface area contributed by atoms with Gasteiger partial charge in [-0.3, -0.25) is 0 Å². The van der Waals surface area contributed by atoms with Gasteiger partial charge in [-0.05, 0) is 66.8 Å². The standard InChI is InChI=1S/C21H24O4/c1-24-20-15-11-14(19(23)21(20)25-2)6-4-3-5-12-7-8-13-9-10-16(22)18(15)17(12)13/h9-12,22-23H,3-8H2,1-2H3. The van der Waals surface area contributed by atoms with Crippen LogP contribution < -0.4 is 9.47 Å². The Kier molecular flexibility index (Phi) is 3.98. The van der Waals surface area contributed by atoms with E-state index in [0.29, 0.717) is 17.4 Å². The summed E-state index contributed by atoms with van der Waals surface area (Å²) in [6.45, 7) is 0. The molecule has 2 aromatic carbocycles. The number of hydrogen-bond donors (Lipinski definition) is 2. The van der Waals surface area contributed by atoms with Crippen LogP contribution in [0.1, 0.15) is 48.3 Å². The van der Waals surface area contributed by atoms with Crippen molar-refractivity contribution in [3.63, 3.8) is 0 Å². The molecule has 0 radical (unpaired) electrons. The molecule has 0 spiro atoms. The predicted molar refractivity (Wildman–Crippen MR) is 96.9 cm³/mol. The van der Waals surface area contributed by atoms with Crippen LogP contribution in [0.5, 0.6) is 23.0 Å². The van der Waals surface area contributed by atoms with E-state index in [1.165, 1.54) is 18.2 Å². The Bertz CT molecular complexity index is 825. The average Bonchev–Trinajstić information content (AvgIpc) is 3.02. The van der Waals surface area contributed by atoms with E-state index in [0.717, 1.165) is 55.2 Å². The van der Waals surface area contributed by atoms with Gasteiger partial charge in [-0.25, -0.2) is 0 Å². The quantitative estimate of drug-likeness (QED) is 0.843. The second-order valence-corrected chi connectivity index (χ2v) is 7.01. The van der Waals surface area contributed by atoms with E-state index in [1.807, 2.05) is 12.1 Å². The van der Waals surface area contributed by atoms with Crippen molar-refractivity contribution in [1.29, 1.82) is 0 Å². The van der Waals surface area contributed by atoms with Gasteiger partial charge in [0.05, 0.1) is 14.2 Å². The third-order valence-electron chi connectivity index (χ3n) is 5.70. The molecule has 1 unspecified atom stereocenters. The highest BCUT2D eigenvalue weighted by atomic mass is 16.5. The SMILES string of the molecule is COc1c2cc(c(O)c1OC)CCCCC1CCc3ccc(O)c-2c31. The molecule has 1 atom stereocenters. The summed E-state index contributed by atoms with van der Waals surface area (Å²) in [4.78, 5) is 0. The maximum atomic E-state index is 10.7. The summed E-state index contributed by atoms with van der Waals surface area (Å²) in [6, 6.07) is 5.79. The summed E-state index contributed by atoms with van der Waals surface area (Å²) in [5.41, 5.74) is 5.07. The minimum Gasteiger partial charge on any atom is -0.507 e. The van der Waals surface area contributed by atoms with Gasteiger partial charge >= 0.3 is 0 Å². The highest BCUT2D eigenvalue weighted by Crippen LogP contribution is 2.53. The van der Waals surface area contributed by atoms with Gasteiger partial charge in [0.2, 0.25) is 5.75 Å². The van der Waals surface area contributed by atoms with E-state index in [1.54, 1.807) is 13.2 Å². The number of methoxy groups -OCH3 is 2. The lowest BCUT2D eigenvalue weighted by molar-refractivity contribution is 0.331. The van der Waals surface area contributed by atoms with Crippen LogP contribution >= 0.6 is 0 Å². The van der Waals surface area contributed by atoms with Crippen LogP contribution in [0.4, 0.5) is 0 Å². The van der Waals surface area contributed by atoms with Crippen molar-refractivity contribution in [3.05, 3.63) is 34.9 Å². The molecule has 0 saturated carbocycles. The molecule has 2 aliphatic carbocycles. The van der Waals surface area contributed by atoms with Crippen molar-refractivity contribution in [3.8, 4) is 34.1 Å². The van der Waals surface area contributed by atoms with Crippen molar-refractivity contribution >= 4 is 0 Å². The second-order valence-electron chi connectivity index (χ2n) is 7.01. The Labute approximate surface area is 148 Å². The Hall–Kier alpha value is -2.36. The molecular formula is C21H24O4. The molecule has 25 heavy (non-hydrogen) atoms. The summed E-state index contributed by atoms with van der Waals surface area (Å²) in [6.07, 6.45) is 6.24. The first kappa shape index (κ1) is 16.1. The molecule has 0 aromatic heterocycles. The topological polar surface area (TPSA) is 58.9 Å². The molecule has 0 aliphatic heterocycles. The number of aryl methyl sites for hydroxylation is 2. The number of benzene rings is 2. The first-order valence-corrected chi connectivity index (χ1v) is 8.97. The number of rotatable bonds is 2. The van der Waals surface area contributed by atoms with Crippen LogP contribution in [0.2, 0.25) is 0 Å². The van der Waals surface area contributed by atoms with Gasteiger partial charge in [0, 0.05) is 11.1 Å². The number of ether oxygens (including phenoxy) is 2. The fraction of sp³-hybridized carbons (Fsp3) is 0.429. The summed E-state index contributed by atoms with van der Waals surface area (Å²) in [7, 11) is 3.11. The third kappa shape index (κ3) is 2.43. The van der Waals surface area contributed by atoms with Crippen LogP contribution in [0.15, 0.2) is 18.2 Å². The first-order chi connectivity index (χ1) is 12.2. The van der Waals surface area contributed by atoms with Gasteiger partial charge in [-0.15, -0.1) is 0 Å². The van der Waals surface area contributed by atoms with Crippen LogP contribution in [0.25, 0.3) is 11.1 Å². The van der Waals surface area contributed by atoms with Crippen LogP contribution in [0, 0.1) is 0 Å². The van der Waals surface area contributed by atoms with Crippen molar-refractivity contribution in [2.75, 3.05) is 14.2 Å². The van der Waals surface area contributed by atoms with Gasteiger partial charge in [0.25, 0.3) is 0 Å². The minimum atomic E-state index is 0.146. The first-order valence-electron chi connectivity index (χ1n) is 8.97. The van der Waals surface area contributed by atoms with E-state index in [4.69, 9.17) is 9.47 Å². The third-order valence-corrected chi connectivity index (χ3v) is 5.70. The summed E-state index contributed by atoms with van der Waals surface area (Å²) in [5, 5.41) is 21.3. The molecule has 0 fully saturated rings. The zero-order valence-electron chi connectivity index (χ0n) is 14.8.